The number of pyridine rings is 1. The Hall–Kier alpha value is -2.96. The van der Waals surface area contributed by atoms with Crippen LogP contribution < -0.4 is 5.73 Å². The number of rotatable bonds is 3. The third kappa shape index (κ3) is 3.25. The van der Waals surface area contributed by atoms with Gasteiger partial charge in [0.15, 0.2) is 0 Å². The third-order valence-corrected chi connectivity index (χ3v) is 5.32. The smallest absolute Gasteiger partial charge is 0.220 e. The molecule has 6 nitrogen and oxygen atoms in total. The Bertz CT molecular complexity index is 941. The van der Waals surface area contributed by atoms with E-state index in [-0.39, 0.29) is 11.9 Å². The number of nitroso groups, excluding NO2 is 1. The molecular formula is C20H20FN5O. The van der Waals surface area contributed by atoms with Crippen LogP contribution in [0.4, 0.5) is 10.3 Å². The van der Waals surface area contributed by atoms with Crippen molar-refractivity contribution in [1.29, 1.82) is 0 Å². The van der Waals surface area contributed by atoms with Crippen LogP contribution in [-0.2, 0) is 6.42 Å². The van der Waals surface area contributed by atoms with Crippen molar-refractivity contribution in [2.45, 2.75) is 38.4 Å². The van der Waals surface area contributed by atoms with Gasteiger partial charge in [0.05, 0.1) is 5.69 Å². The zero-order valence-corrected chi connectivity index (χ0v) is 15.0. The lowest BCUT2D eigenvalue weighted by atomic mass is 9.75. The molecule has 27 heavy (non-hydrogen) atoms. The zero-order valence-electron chi connectivity index (χ0n) is 15.0. The molecule has 7 heteroatoms. The van der Waals surface area contributed by atoms with Crippen LogP contribution in [0.25, 0.3) is 5.57 Å². The topological polar surface area (TPSA) is 94.1 Å². The Morgan fingerprint density at radius 3 is 2.89 bits per heavy atom. The van der Waals surface area contributed by atoms with Crippen molar-refractivity contribution >= 4 is 11.5 Å². The predicted molar refractivity (Wildman–Crippen MR) is 101 cm³/mol. The van der Waals surface area contributed by atoms with Gasteiger partial charge in [-0.1, -0.05) is 23.4 Å². The lowest BCUT2D eigenvalue weighted by Gasteiger charge is -2.32. The first kappa shape index (κ1) is 17.5. The summed E-state index contributed by atoms with van der Waals surface area (Å²) in [4.78, 5) is 24.3. The minimum absolute atomic E-state index is 0.00727. The second-order valence-corrected chi connectivity index (χ2v) is 7.04. The number of nitrogens with two attached hydrogens (primary N) is 1. The molecule has 0 aliphatic heterocycles. The molecule has 3 unspecified atom stereocenters. The van der Waals surface area contributed by atoms with E-state index in [0.717, 1.165) is 28.0 Å². The van der Waals surface area contributed by atoms with E-state index in [1.54, 1.807) is 18.5 Å². The molecule has 2 aliphatic rings. The molecule has 0 spiro atoms. The van der Waals surface area contributed by atoms with E-state index in [4.69, 9.17) is 5.73 Å². The van der Waals surface area contributed by atoms with Crippen LogP contribution >= 0.6 is 0 Å². The fraction of sp³-hybridized carbons (Fsp3) is 0.350. The Labute approximate surface area is 156 Å². The number of allylic oxidation sites excluding steroid dienone is 4. The van der Waals surface area contributed by atoms with E-state index in [9.17, 15) is 9.30 Å². The van der Waals surface area contributed by atoms with Crippen LogP contribution in [0, 0.1) is 17.7 Å². The lowest BCUT2D eigenvalue weighted by molar-refractivity contribution is 0.398. The molecular weight excluding hydrogens is 345 g/mol. The normalized spacial score (nSPS) is 24.6. The van der Waals surface area contributed by atoms with Gasteiger partial charge in [-0.05, 0) is 48.5 Å². The number of anilines is 1. The molecule has 0 amide bonds. The van der Waals surface area contributed by atoms with Crippen molar-refractivity contribution in [2.75, 3.05) is 5.73 Å². The minimum Gasteiger partial charge on any atom is -0.368 e. The number of nitrogens with zero attached hydrogens (tertiary/aromatic N) is 4. The molecule has 0 saturated heterocycles. The van der Waals surface area contributed by atoms with Gasteiger partial charge >= 0.3 is 0 Å². The number of aryl methyl sites for hydroxylation is 1. The minimum atomic E-state index is -1.03. The number of nitrogen functional groups attached to an aromatic ring is 1. The summed E-state index contributed by atoms with van der Waals surface area (Å²) < 4.78 is 14.1. The van der Waals surface area contributed by atoms with E-state index in [0.29, 0.717) is 25.0 Å². The molecule has 0 fully saturated rings. The maximum absolute atomic E-state index is 14.1. The second-order valence-electron chi connectivity index (χ2n) is 7.04. The van der Waals surface area contributed by atoms with Gasteiger partial charge < -0.3 is 5.73 Å². The zero-order chi connectivity index (χ0) is 19.0. The largest absolute Gasteiger partial charge is 0.368 e. The van der Waals surface area contributed by atoms with E-state index >= 15 is 0 Å². The molecule has 0 bridgehead atoms. The Kier molecular flexibility index (Phi) is 4.51. The van der Waals surface area contributed by atoms with E-state index in [1.807, 2.05) is 25.1 Å². The van der Waals surface area contributed by atoms with Crippen molar-refractivity contribution in [1.82, 2.24) is 15.0 Å². The summed E-state index contributed by atoms with van der Waals surface area (Å²) in [5.74, 6) is 0.203. The molecule has 4 rings (SSSR count). The Morgan fingerprint density at radius 2 is 2.15 bits per heavy atom. The van der Waals surface area contributed by atoms with Crippen molar-refractivity contribution in [3.63, 3.8) is 0 Å². The van der Waals surface area contributed by atoms with Crippen LogP contribution in [0.3, 0.4) is 0 Å². The van der Waals surface area contributed by atoms with Crippen molar-refractivity contribution in [3.05, 3.63) is 69.7 Å². The number of aromatic nitrogens is 3. The first-order chi connectivity index (χ1) is 13.1. The van der Waals surface area contributed by atoms with Crippen LogP contribution in [0.2, 0.25) is 0 Å². The second kappa shape index (κ2) is 6.98. The molecule has 0 saturated carbocycles. The Balaban J connectivity index is 1.80. The molecule has 0 aromatic carbocycles. The third-order valence-electron chi connectivity index (χ3n) is 5.32. The fourth-order valence-corrected chi connectivity index (χ4v) is 4.19. The van der Waals surface area contributed by atoms with Gasteiger partial charge in [0, 0.05) is 30.1 Å². The summed E-state index contributed by atoms with van der Waals surface area (Å²) in [7, 11) is 0. The molecule has 3 atom stereocenters. The van der Waals surface area contributed by atoms with Gasteiger partial charge in [-0.3, -0.25) is 4.98 Å². The van der Waals surface area contributed by atoms with E-state index in [1.165, 1.54) is 0 Å². The molecule has 2 aliphatic carbocycles. The molecule has 2 aromatic rings. The van der Waals surface area contributed by atoms with Gasteiger partial charge in [-0.25, -0.2) is 14.4 Å². The maximum atomic E-state index is 14.1. The average Bonchev–Trinajstić information content (AvgIpc) is 2.67. The average molecular weight is 365 g/mol. The number of fused-ring (bicyclic) bond motifs is 1. The van der Waals surface area contributed by atoms with Crippen LogP contribution in [-0.4, -0.2) is 21.1 Å². The highest BCUT2D eigenvalue weighted by Crippen LogP contribution is 2.43. The van der Waals surface area contributed by atoms with E-state index in [2.05, 4.69) is 20.1 Å². The van der Waals surface area contributed by atoms with Gasteiger partial charge in [0.1, 0.15) is 12.2 Å². The van der Waals surface area contributed by atoms with Crippen molar-refractivity contribution in [3.8, 4) is 0 Å². The number of hydrogen-bond donors (Lipinski definition) is 1. The molecule has 138 valence electrons. The van der Waals surface area contributed by atoms with Crippen LogP contribution in [0.15, 0.2) is 47.4 Å². The summed E-state index contributed by atoms with van der Waals surface area (Å²) in [5, 5.41) is 3.33. The molecule has 2 aromatic heterocycles. The van der Waals surface area contributed by atoms with Crippen LogP contribution in [0.5, 0.6) is 0 Å². The van der Waals surface area contributed by atoms with Crippen LogP contribution in [0.1, 0.15) is 41.4 Å². The summed E-state index contributed by atoms with van der Waals surface area (Å²) in [5.41, 5.74) is 10.9. The monoisotopic (exact) mass is 365 g/mol. The number of hydrogen-bond acceptors (Lipinski definition) is 6. The van der Waals surface area contributed by atoms with Gasteiger partial charge in [-0.15, -0.1) is 0 Å². The predicted octanol–water partition coefficient (Wildman–Crippen LogP) is 3.88. The molecule has 2 heterocycles. The molecule has 2 N–H and O–H groups in total. The highest BCUT2D eigenvalue weighted by Gasteiger charge is 2.34. The summed E-state index contributed by atoms with van der Waals surface area (Å²) >= 11 is 0. The Morgan fingerprint density at radius 1 is 1.30 bits per heavy atom. The maximum Gasteiger partial charge on any atom is 0.220 e. The van der Waals surface area contributed by atoms with Gasteiger partial charge in [0.25, 0.3) is 0 Å². The number of alkyl halides is 1. The quantitative estimate of drug-likeness (QED) is 0.833. The fourth-order valence-electron chi connectivity index (χ4n) is 4.19. The number of halogens is 1. The summed E-state index contributed by atoms with van der Waals surface area (Å²) in [6.45, 7) is 1.82. The van der Waals surface area contributed by atoms with E-state index < -0.39 is 12.2 Å². The SMILES string of the molecule is Cc1nc(N)nc2c1C(N=O)CC(C1=C(c3cccnc3)CC(F)C=C1)C2. The summed E-state index contributed by atoms with van der Waals surface area (Å²) in [6.07, 6.45) is 7.29. The standard InChI is InChI=1S/C20H20FN5O/c1-11-19-17(25-20(22)24-11)7-13(8-18(19)26-27)15-5-4-14(21)9-16(15)12-3-2-6-23-10-12/h2-6,10,13-14,18H,7-9H2,1H3,(H2,22,24,25). The molecule has 0 radical (unpaired) electrons. The first-order valence-corrected chi connectivity index (χ1v) is 8.98. The van der Waals surface area contributed by atoms with Gasteiger partial charge in [-0.2, -0.15) is 4.91 Å². The lowest BCUT2D eigenvalue weighted by Crippen LogP contribution is -2.24. The van der Waals surface area contributed by atoms with Crippen molar-refractivity contribution < 1.29 is 4.39 Å². The van der Waals surface area contributed by atoms with Gasteiger partial charge in [0.2, 0.25) is 5.95 Å². The highest BCUT2D eigenvalue weighted by atomic mass is 19.1. The van der Waals surface area contributed by atoms with Crippen molar-refractivity contribution in [2.24, 2.45) is 11.1 Å². The first-order valence-electron chi connectivity index (χ1n) is 8.98. The highest BCUT2D eigenvalue weighted by molar-refractivity contribution is 5.73. The summed E-state index contributed by atoms with van der Waals surface area (Å²) in [6, 6.07) is 3.25.